The molecule has 8 heteroatoms. The van der Waals surface area contributed by atoms with Crippen LogP contribution in [0, 0.1) is 0 Å². The first-order chi connectivity index (χ1) is 14.4. The summed E-state index contributed by atoms with van der Waals surface area (Å²) in [6, 6.07) is 11.6. The first-order valence-corrected chi connectivity index (χ1v) is 11.4. The summed E-state index contributed by atoms with van der Waals surface area (Å²) in [5.74, 6) is -0.634. The molecule has 4 rings (SSSR count). The Morgan fingerprint density at radius 2 is 1.53 bits per heavy atom. The third kappa shape index (κ3) is 4.49. The fourth-order valence-corrected chi connectivity index (χ4v) is 5.37. The third-order valence-corrected chi connectivity index (χ3v) is 6.91. The van der Waals surface area contributed by atoms with Crippen LogP contribution in [0.25, 0.3) is 0 Å². The van der Waals surface area contributed by atoms with Gasteiger partial charge in [0, 0.05) is 20.6 Å². The molecule has 0 saturated carbocycles. The second-order valence-electron chi connectivity index (χ2n) is 6.95. The first-order valence-electron chi connectivity index (χ1n) is 9.40. The van der Waals surface area contributed by atoms with Crippen LogP contribution >= 0.6 is 46.1 Å². The van der Waals surface area contributed by atoms with Crippen LogP contribution in [-0.2, 0) is 12.8 Å². The van der Waals surface area contributed by atoms with E-state index >= 15 is 0 Å². The molecule has 2 aromatic carbocycles. The van der Waals surface area contributed by atoms with Crippen molar-refractivity contribution >= 4 is 68.6 Å². The van der Waals surface area contributed by atoms with Crippen LogP contribution in [-0.4, -0.2) is 11.8 Å². The minimum atomic E-state index is -0.379. The zero-order chi connectivity index (χ0) is 21.3. The summed E-state index contributed by atoms with van der Waals surface area (Å²) in [5.41, 5.74) is 2.47. The van der Waals surface area contributed by atoms with Crippen molar-refractivity contribution in [2.45, 2.75) is 25.7 Å². The van der Waals surface area contributed by atoms with Crippen LogP contribution in [0.1, 0.15) is 44.0 Å². The van der Waals surface area contributed by atoms with Crippen molar-refractivity contribution in [3.63, 3.8) is 0 Å². The molecule has 0 saturated heterocycles. The van der Waals surface area contributed by atoms with Crippen molar-refractivity contribution in [2.75, 3.05) is 10.6 Å². The molecule has 2 N–H and O–H groups in total. The molecular formula is C22H17Cl3N2O2S. The molecule has 1 aliphatic rings. The van der Waals surface area contributed by atoms with Gasteiger partial charge in [-0.3, -0.25) is 9.59 Å². The Kier molecular flexibility index (Phi) is 6.34. The van der Waals surface area contributed by atoms with Crippen LogP contribution < -0.4 is 10.6 Å². The number of hydrogen-bond donors (Lipinski definition) is 2. The minimum Gasteiger partial charge on any atom is -0.322 e. The normalized spacial score (nSPS) is 12.9. The van der Waals surface area contributed by atoms with Gasteiger partial charge in [0.05, 0.1) is 16.1 Å². The van der Waals surface area contributed by atoms with Crippen molar-refractivity contribution in [1.29, 1.82) is 0 Å². The third-order valence-electron chi connectivity index (χ3n) is 4.90. The number of amides is 2. The summed E-state index contributed by atoms with van der Waals surface area (Å²) < 4.78 is 0. The van der Waals surface area contributed by atoms with Crippen LogP contribution in [0.15, 0.2) is 42.5 Å². The fraction of sp³-hybridized carbons (Fsp3) is 0.182. The molecule has 3 aromatic rings. The summed E-state index contributed by atoms with van der Waals surface area (Å²) in [6.45, 7) is 0. The molecule has 1 heterocycles. The highest BCUT2D eigenvalue weighted by Gasteiger charge is 2.27. The quantitative estimate of drug-likeness (QED) is 0.419. The van der Waals surface area contributed by atoms with Crippen LogP contribution in [0.5, 0.6) is 0 Å². The molecule has 0 aliphatic heterocycles. The van der Waals surface area contributed by atoms with Crippen molar-refractivity contribution in [2.24, 2.45) is 0 Å². The zero-order valence-electron chi connectivity index (χ0n) is 15.7. The summed E-state index contributed by atoms with van der Waals surface area (Å²) in [7, 11) is 0. The first kappa shape index (κ1) is 21.2. The maximum absolute atomic E-state index is 13.2. The average Bonchev–Trinajstić information content (AvgIpc) is 3.07. The maximum atomic E-state index is 13.2. The predicted molar refractivity (Wildman–Crippen MR) is 125 cm³/mol. The standard InChI is InChI=1S/C22H17Cl3N2O2S/c23-12-5-8-14(9-6-12)26-21(29)19-16-3-1-2-4-18(16)30-22(19)27-20(28)15-10-7-13(24)11-17(15)25/h5-11H,1-4H2,(H,26,29)(H,27,28). The Balaban J connectivity index is 1.66. The van der Waals surface area contributed by atoms with E-state index < -0.39 is 0 Å². The minimum absolute atomic E-state index is 0.255. The second-order valence-corrected chi connectivity index (χ2v) is 9.34. The lowest BCUT2D eigenvalue weighted by molar-refractivity contribution is 0.102. The molecule has 1 aromatic heterocycles. The number of aryl methyl sites for hydroxylation is 1. The lowest BCUT2D eigenvalue weighted by Crippen LogP contribution is -2.18. The topological polar surface area (TPSA) is 58.2 Å². The number of carbonyl (C=O) groups excluding carboxylic acids is 2. The number of anilines is 2. The molecule has 154 valence electrons. The molecule has 0 fully saturated rings. The number of rotatable bonds is 4. The van der Waals surface area contributed by atoms with Crippen molar-refractivity contribution < 1.29 is 9.59 Å². The Morgan fingerprint density at radius 1 is 0.833 bits per heavy atom. The smallest absolute Gasteiger partial charge is 0.258 e. The molecule has 0 unspecified atom stereocenters. The Bertz CT molecular complexity index is 1130. The number of benzene rings is 2. The number of thiophene rings is 1. The van der Waals surface area contributed by atoms with Gasteiger partial charge in [-0.1, -0.05) is 34.8 Å². The summed E-state index contributed by atoms with van der Waals surface area (Å²) in [4.78, 5) is 27.1. The number of nitrogens with one attached hydrogen (secondary N) is 2. The van der Waals surface area contributed by atoms with Gasteiger partial charge in [0.1, 0.15) is 5.00 Å². The molecule has 0 bridgehead atoms. The van der Waals surface area contributed by atoms with Crippen LogP contribution in [0.2, 0.25) is 15.1 Å². The van der Waals surface area contributed by atoms with E-state index in [4.69, 9.17) is 34.8 Å². The van der Waals surface area contributed by atoms with Gasteiger partial charge >= 0.3 is 0 Å². The van der Waals surface area contributed by atoms with E-state index in [0.29, 0.717) is 31.9 Å². The second kappa shape index (κ2) is 8.98. The molecule has 0 spiro atoms. The molecule has 2 amide bonds. The van der Waals surface area contributed by atoms with Gasteiger partial charge in [-0.2, -0.15) is 0 Å². The summed E-state index contributed by atoms with van der Waals surface area (Å²) in [5, 5.41) is 7.63. The molecule has 0 atom stereocenters. The molecule has 1 aliphatic carbocycles. The highest BCUT2D eigenvalue weighted by Crippen LogP contribution is 2.39. The molecular weight excluding hydrogens is 463 g/mol. The van der Waals surface area contributed by atoms with E-state index in [9.17, 15) is 9.59 Å². The van der Waals surface area contributed by atoms with Gasteiger partial charge in [0.15, 0.2) is 0 Å². The van der Waals surface area contributed by atoms with Gasteiger partial charge in [-0.15, -0.1) is 11.3 Å². The SMILES string of the molecule is O=C(Nc1sc2c(c1C(=O)Nc1ccc(Cl)cc1)CCCC2)c1ccc(Cl)cc1Cl. The number of fused-ring (bicyclic) bond motifs is 1. The van der Waals surface area contributed by atoms with E-state index in [0.717, 1.165) is 36.1 Å². The van der Waals surface area contributed by atoms with Crippen molar-refractivity contribution in [3.05, 3.63) is 79.1 Å². The fourth-order valence-electron chi connectivity index (χ4n) is 3.47. The predicted octanol–water partition coefficient (Wildman–Crippen LogP) is 7.09. The number of halogens is 3. The number of hydrogen-bond acceptors (Lipinski definition) is 3. The largest absolute Gasteiger partial charge is 0.322 e. The lowest BCUT2D eigenvalue weighted by atomic mass is 9.95. The van der Waals surface area contributed by atoms with E-state index in [1.54, 1.807) is 36.4 Å². The Morgan fingerprint density at radius 3 is 2.27 bits per heavy atom. The van der Waals surface area contributed by atoms with E-state index in [1.807, 2.05) is 0 Å². The van der Waals surface area contributed by atoms with Gasteiger partial charge in [-0.25, -0.2) is 0 Å². The van der Waals surface area contributed by atoms with Crippen LogP contribution in [0.3, 0.4) is 0 Å². The van der Waals surface area contributed by atoms with Crippen molar-refractivity contribution in [3.8, 4) is 0 Å². The maximum Gasteiger partial charge on any atom is 0.258 e. The van der Waals surface area contributed by atoms with E-state index in [2.05, 4.69) is 10.6 Å². The summed E-state index contributed by atoms with van der Waals surface area (Å²) >= 11 is 19.5. The Labute approximate surface area is 193 Å². The van der Waals surface area contributed by atoms with Gasteiger partial charge in [0.25, 0.3) is 11.8 Å². The zero-order valence-corrected chi connectivity index (χ0v) is 18.8. The highest BCUT2D eigenvalue weighted by molar-refractivity contribution is 7.17. The van der Waals surface area contributed by atoms with Crippen molar-refractivity contribution in [1.82, 2.24) is 0 Å². The van der Waals surface area contributed by atoms with Gasteiger partial charge in [0.2, 0.25) is 0 Å². The molecule has 0 radical (unpaired) electrons. The number of carbonyl (C=O) groups is 2. The monoisotopic (exact) mass is 478 g/mol. The Hall–Kier alpha value is -2.05. The van der Waals surface area contributed by atoms with Gasteiger partial charge in [-0.05, 0) is 73.7 Å². The highest BCUT2D eigenvalue weighted by atomic mass is 35.5. The van der Waals surface area contributed by atoms with E-state index in [1.165, 1.54) is 17.4 Å². The molecule has 4 nitrogen and oxygen atoms in total. The lowest BCUT2D eigenvalue weighted by Gasteiger charge is -2.13. The van der Waals surface area contributed by atoms with Gasteiger partial charge < -0.3 is 10.6 Å². The van der Waals surface area contributed by atoms with E-state index in [-0.39, 0.29) is 16.8 Å². The molecule has 30 heavy (non-hydrogen) atoms. The average molecular weight is 480 g/mol. The van der Waals surface area contributed by atoms with Crippen LogP contribution in [0.4, 0.5) is 10.7 Å². The summed E-state index contributed by atoms with van der Waals surface area (Å²) in [6.07, 6.45) is 3.80.